The SMILES string of the molecule is Nc1ccc2c(OCc3cccnc3)cccc2n1. The molecule has 0 atom stereocenters. The van der Waals surface area contributed by atoms with E-state index in [4.69, 9.17) is 10.5 Å². The average molecular weight is 251 g/mol. The summed E-state index contributed by atoms with van der Waals surface area (Å²) >= 11 is 0. The Labute approximate surface area is 110 Å². The minimum atomic E-state index is 0.483. The minimum Gasteiger partial charge on any atom is -0.488 e. The zero-order valence-corrected chi connectivity index (χ0v) is 10.3. The number of ether oxygens (including phenoxy) is 1. The summed E-state index contributed by atoms with van der Waals surface area (Å²) in [4.78, 5) is 8.34. The van der Waals surface area contributed by atoms with E-state index in [1.165, 1.54) is 0 Å². The number of nitrogen functional groups attached to an aromatic ring is 1. The van der Waals surface area contributed by atoms with Gasteiger partial charge in [0, 0.05) is 23.3 Å². The number of aromatic nitrogens is 2. The Kier molecular flexibility index (Phi) is 2.98. The number of rotatable bonds is 3. The largest absolute Gasteiger partial charge is 0.488 e. The number of hydrogen-bond donors (Lipinski definition) is 1. The third-order valence-corrected chi connectivity index (χ3v) is 2.83. The van der Waals surface area contributed by atoms with E-state index in [0.717, 1.165) is 22.2 Å². The highest BCUT2D eigenvalue weighted by Gasteiger charge is 2.03. The zero-order chi connectivity index (χ0) is 13.1. The number of fused-ring (bicyclic) bond motifs is 1. The average Bonchev–Trinajstić information content (AvgIpc) is 2.45. The van der Waals surface area contributed by atoms with Crippen LogP contribution in [0, 0.1) is 0 Å². The molecule has 0 saturated heterocycles. The molecular weight excluding hydrogens is 238 g/mol. The second-order valence-electron chi connectivity index (χ2n) is 4.21. The third-order valence-electron chi connectivity index (χ3n) is 2.83. The number of nitrogens with zero attached hydrogens (tertiary/aromatic N) is 2. The topological polar surface area (TPSA) is 61.0 Å². The molecule has 0 spiro atoms. The van der Waals surface area contributed by atoms with Crippen LogP contribution in [0.5, 0.6) is 5.75 Å². The molecule has 0 aliphatic heterocycles. The van der Waals surface area contributed by atoms with Gasteiger partial charge in [0.1, 0.15) is 18.2 Å². The molecule has 1 aromatic carbocycles. The van der Waals surface area contributed by atoms with Gasteiger partial charge in [0.25, 0.3) is 0 Å². The first-order chi connectivity index (χ1) is 9.33. The lowest BCUT2D eigenvalue weighted by atomic mass is 10.2. The van der Waals surface area contributed by atoms with E-state index >= 15 is 0 Å². The lowest BCUT2D eigenvalue weighted by molar-refractivity contribution is 0.309. The maximum atomic E-state index is 5.82. The number of nitrogens with two attached hydrogens (primary N) is 1. The van der Waals surface area contributed by atoms with Crippen LogP contribution in [0.3, 0.4) is 0 Å². The third kappa shape index (κ3) is 2.47. The second-order valence-corrected chi connectivity index (χ2v) is 4.21. The molecule has 0 aliphatic carbocycles. The highest BCUT2D eigenvalue weighted by molar-refractivity contribution is 5.86. The molecule has 94 valence electrons. The predicted molar refractivity (Wildman–Crippen MR) is 74.7 cm³/mol. The molecule has 0 bridgehead atoms. The Bertz CT molecular complexity index is 698. The zero-order valence-electron chi connectivity index (χ0n) is 10.3. The van der Waals surface area contributed by atoms with Crippen molar-refractivity contribution in [2.75, 3.05) is 5.73 Å². The predicted octanol–water partition coefficient (Wildman–Crippen LogP) is 2.79. The van der Waals surface area contributed by atoms with E-state index in [1.807, 2.05) is 36.4 Å². The standard InChI is InChI=1S/C15H13N3O/c16-15-7-6-12-13(18-15)4-1-5-14(12)19-10-11-3-2-8-17-9-11/h1-9H,10H2,(H2,16,18). The van der Waals surface area contributed by atoms with Gasteiger partial charge >= 0.3 is 0 Å². The fourth-order valence-corrected chi connectivity index (χ4v) is 1.91. The van der Waals surface area contributed by atoms with Crippen LogP contribution in [-0.4, -0.2) is 9.97 Å². The van der Waals surface area contributed by atoms with E-state index < -0.39 is 0 Å². The van der Waals surface area contributed by atoms with Gasteiger partial charge in [-0.1, -0.05) is 12.1 Å². The Morgan fingerprint density at radius 3 is 2.84 bits per heavy atom. The molecule has 4 heteroatoms. The molecular formula is C15H13N3O. The maximum absolute atomic E-state index is 5.82. The number of benzene rings is 1. The minimum absolute atomic E-state index is 0.483. The first kappa shape index (κ1) is 11.5. The van der Waals surface area contributed by atoms with E-state index in [0.29, 0.717) is 12.4 Å². The van der Waals surface area contributed by atoms with Crippen LogP contribution in [0.25, 0.3) is 10.9 Å². The van der Waals surface area contributed by atoms with Gasteiger partial charge in [-0.15, -0.1) is 0 Å². The van der Waals surface area contributed by atoms with Crippen molar-refractivity contribution in [3.63, 3.8) is 0 Å². The van der Waals surface area contributed by atoms with Gasteiger partial charge in [0.2, 0.25) is 0 Å². The summed E-state index contributed by atoms with van der Waals surface area (Å²) in [6.07, 6.45) is 3.54. The first-order valence-electron chi connectivity index (χ1n) is 6.00. The molecule has 0 radical (unpaired) electrons. The summed E-state index contributed by atoms with van der Waals surface area (Å²) in [5.41, 5.74) is 7.55. The summed E-state index contributed by atoms with van der Waals surface area (Å²) in [6.45, 7) is 0.483. The molecule has 2 heterocycles. The van der Waals surface area contributed by atoms with Gasteiger partial charge in [-0.3, -0.25) is 4.98 Å². The van der Waals surface area contributed by atoms with Crippen molar-refractivity contribution in [1.29, 1.82) is 0 Å². The molecule has 3 rings (SSSR count). The highest BCUT2D eigenvalue weighted by Crippen LogP contribution is 2.25. The summed E-state index contributed by atoms with van der Waals surface area (Å²) < 4.78 is 5.82. The van der Waals surface area contributed by atoms with Gasteiger partial charge in [-0.25, -0.2) is 4.98 Å². The van der Waals surface area contributed by atoms with Gasteiger partial charge in [-0.2, -0.15) is 0 Å². The van der Waals surface area contributed by atoms with Crippen molar-refractivity contribution in [2.45, 2.75) is 6.61 Å². The Balaban J connectivity index is 1.89. The molecule has 0 amide bonds. The van der Waals surface area contributed by atoms with Crippen LogP contribution < -0.4 is 10.5 Å². The molecule has 19 heavy (non-hydrogen) atoms. The van der Waals surface area contributed by atoms with Gasteiger partial charge in [0.15, 0.2) is 0 Å². The fraction of sp³-hybridized carbons (Fsp3) is 0.0667. The summed E-state index contributed by atoms with van der Waals surface area (Å²) in [7, 11) is 0. The summed E-state index contributed by atoms with van der Waals surface area (Å²) in [6, 6.07) is 13.3. The molecule has 4 nitrogen and oxygen atoms in total. The van der Waals surface area contributed by atoms with Crippen molar-refractivity contribution in [1.82, 2.24) is 9.97 Å². The maximum Gasteiger partial charge on any atom is 0.129 e. The van der Waals surface area contributed by atoms with Crippen molar-refractivity contribution in [2.24, 2.45) is 0 Å². The van der Waals surface area contributed by atoms with Crippen LogP contribution in [0.15, 0.2) is 54.9 Å². The lowest BCUT2D eigenvalue weighted by Crippen LogP contribution is -1.97. The van der Waals surface area contributed by atoms with E-state index in [9.17, 15) is 0 Å². The lowest BCUT2D eigenvalue weighted by Gasteiger charge is -2.09. The van der Waals surface area contributed by atoms with E-state index in [-0.39, 0.29) is 0 Å². The quantitative estimate of drug-likeness (QED) is 0.777. The van der Waals surface area contributed by atoms with Crippen LogP contribution in [-0.2, 0) is 6.61 Å². The van der Waals surface area contributed by atoms with Crippen LogP contribution >= 0.6 is 0 Å². The van der Waals surface area contributed by atoms with Crippen molar-refractivity contribution in [3.05, 3.63) is 60.4 Å². The van der Waals surface area contributed by atoms with Crippen molar-refractivity contribution in [3.8, 4) is 5.75 Å². The number of anilines is 1. The Morgan fingerprint density at radius 2 is 2.00 bits per heavy atom. The fourth-order valence-electron chi connectivity index (χ4n) is 1.91. The molecule has 2 aromatic heterocycles. The molecule has 0 saturated carbocycles. The van der Waals surface area contributed by atoms with E-state index in [1.54, 1.807) is 18.5 Å². The second kappa shape index (κ2) is 4.94. The van der Waals surface area contributed by atoms with E-state index in [2.05, 4.69) is 9.97 Å². The molecule has 0 unspecified atom stereocenters. The summed E-state index contributed by atoms with van der Waals surface area (Å²) in [5, 5.41) is 0.959. The first-order valence-corrected chi connectivity index (χ1v) is 6.00. The Morgan fingerprint density at radius 1 is 1.05 bits per heavy atom. The number of pyridine rings is 2. The van der Waals surface area contributed by atoms with Crippen LogP contribution in [0.4, 0.5) is 5.82 Å². The number of hydrogen-bond acceptors (Lipinski definition) is 4. The molecule has 3 aromatic rings. The molecule has 0 aliphatic rings. The van der Waals surface area contributed by atoms with Crippen LogP contribution in [0.1, 0.15) is 5.56 Å². The van der Waals surface area contributed by atoms with Crippen molar-refractivity contribution < 1.29 is 4.74 Å². The smallest absolute Gasteiger partial charge is 0.129 e. The monoisotopic (exact) mass is 251 g/mol. The van der Waals surface area contributed by atoms with Crippen LogP contribution in [0.2, 0.25) is 0 Å². The van der Waals surface area contributed by atoms with Gasteiger partial charge in [-0.05, 0) is 30.3 Å². The summed E-state index contributed by atoms with van der Waals surface area (Å²) in [5.74, 6) is 1.31. The molecule has 2 N–H and O–H groups in total. The van der Waals surface area contributed by atoms with Crippen molar-refractivity contribution >= 4 is 16.7 Å². The Hall–Kier alpha value is -2.62. The normalized spacial score (nSPS) is 10.5. The van der Waals surface area contributed by atoms with Gasteiger partial charge < -0.3 is 10.5 Å². The van der Waals surface area contributed by atoms with Gasteiger partial charge in [0.05, 0.1) is 5.52 Å². The highest BCUT2D eigenvalue weighted by atomic mass is 16.5. The molecule has 0 fully saturated rings.